The Morgan fingerprint density at radius 3 is 2.76 bits per heavy atom. The van der Waals surface area contributed by atoms with Gasteiger partial charge in [0.15, 0.2) is 0 Å². The number of benzene rings is 1. The monoisotopic (exact) mass is 504 g/mol. The second-order valence-corrected chi connectivity index (χ2v) is 9.14. The van der Waals surface area contributed by atoms with Crippen LogP contribution in [0.15, 0.2) is 53.4 Å². The molecule has 1 amide bonds. The van der Waals surface area contributed by atoms with Gasteiger partial charge in [0.05, 0.1) is 48.9 Å². The summed E-state index contributed by atoms with van der Waals surface area (Å²) in [6.07, 6.45) is 7.99. The molecule has 10 nitrogen and oxygen atoms in total. The number of aromatic amines is 1. The van der Waals surface area contributed by atoms with E-state index in [9.17, 15) is 9.59 Å². The van der Waals surface area contributed by atoms with Crippen LogP contribution in [0.5, 0.6) is 5.88 Å². The summed E-state index contributed by atoms with van der Waals surface area (Å²) in [6.45, 7) is 0.275. The SMILES string of the molecule is COc1nc2ccccc2cc1-c1cnc([C@H](CCCCCC(=O)c2ncco2)NC(=O)CN(C)C)[nH]1. The fourth-order valence-corrected chi connectivity index (χ4v) is 4.18. The molecule has 4 aromatic rings. The van der Waals surface area contributed by atoms with Crippen molar-refractivity contribution >= 4 is 22.6 Å². The van der Waals surface area contributed by atoms with Crippen molar-refractivity contribution in [1.82, 2.24) is 30.2 Å². The first-order chi connectivity index (χ1) is 17.9. The van der Waals surface area contributed by atoms with Gasteiger partial charge < -0.3 is 24.4 Å². The van der Waals surface area contributed by atoms with E-state index in [-0.39, 0.29) is 30.2 Å². The molecule has 37 heavy (non-hydrogen) atoms. The molecule has 0 saturated carbocycles. The van der Waals surface area contributed by atoms with Crippen molar-refractivity contribution in [2.24, 2.45) is 0 Å². The van der Waals surface area contributed by atoms with Gasteiger partial charge in [-0.3, -0.25) is 9.59 Å². The molecule has 1 aromatic carbocycles. The number of rotatable bonds is 13. The Balaban J connectivity index is 1.46. The fraction of sp³-hybridized carbons (Fsp3) is 0.370. The Morgan fingerprint density at radius 2 is 2.00 bits per heavy atom. The lowest BCUT2D eigenvalue weighted by Gasteiger charge is -2.18. The first kappa shape index (κ1) is 26.0. The number of ketones is 1. The quantitative estimate of drug-likeness (QED) is 0.205. The number of methoxy groups -OCH3 is 1. The third-order valence-corrected chi connectivity index (χ3v) is 5.96. The summed E-state index contributed by atoms with van der Waals surface area (Å²) in [4.78, 5) is 43.0. The number of hydrogen-bond acceptors (Lipinski definition) is 8. The number of unbranched alkanes of at least 4 members (excludes halogenated alkanes) is 2. The minimum absolute atomic E-state index is 0.0861. The molecule has 3 aromatic heterocycles. The van der Waals surface area contributed by atoms with Crippen LogP contribution in [-0.4, -0.2) is 64.3 Å². The second kappa shape index (κ2) is 12.3. The number of Topliss-reactive ketones (excluding diaryl/α,β-unsaturated/α-hetero) is 1. The van der Waals surface area contributed by atoms with E-state index in [1.807, 2.05) is 49.3 Å². The summed E-state index contributed by atoms with van der Waals surface area (Å²) in [5, 5.41) is 4.09. The van der Waals surface area contributed by atoms with E-state index >= 15 is 0 Å². The van der Waals surface area contributed by atoms with Gasteiger partial charge in [-0.05, 0) is 39.1 Å². The third kappa shape index (κ3) is 6.79. The summed E-state index contributed by atoms with van der Waals surface area (Å²) in [6, 6.07) is 9.56. The van der Waals surface area contributed by atoms with Gasteiger partial charge >= 0.3 is 0 Å². The molecule has 2 N–H and O–H groups in total. The number of hydrogen-bond donors (Lipinski definition) is 2. The Kier molecular flexibility index (Phi) is 8.63. The fourth-order valence-electron chi connectivity index (χ4n) is 4.18. The third-order valence-electron chi connectivity index (χ3n) is 5.96. The molecule has 0 aliphatic carbocycles. The van der Waals surface area contributed by atoms with Crippen LogP contribution in [0, 0.1) is 0 Å². The zero-order chi connectivity index (χ0) is 26.2. The number of amides is 1. The van der Waals surface area contributed by atoms with Crippen LogP contribution >= 0.6 is 0 Å². The lowest BCUT2D eigenvalue weighted by Crippen LogP contribution is -2.36. The smallest absolute Gasteiger partial charge is 0.263 e. The van der Waals surface area contributed by atoms with Crippen molar-refractivity contribution in [2.75, 3.05) is 27.7 Å². The van der Waals surface area contributed by atoms with Gasteiger partial charge in [-0.1, -0.05) is 31.0 Å². The number of nitrogens with zero attached hydrogens (tertiary/aromatic N) is 4. The number of aromatic nitrogens is 4. The molecule has 4 rings (SSSR count). The number of fused-ring (bicyclic) bond motifs is 1. The van der Waals surface area contributed by atoms with Crippen LogP contribution in [0.2, 0.25) is 0 Å². The summed E-state index contributed by atoms with van der Waals surface area (Å²) < 4.78 is 10.6. The largest absolute Gasteiger partial charge is 0.480 e. The van der Waals surface area contributed by atoms with E-state index in [4.69, 9.17) is 9.15 Å². The highest BCUT2D eigenvalue weighted by Gasteiger charge is 2.20. The highest BCUT2D eigenvalue weighted by molar-refractivity contribution is 5.91. The molecular weight excluding hydrogens is 472 g/mol. The van der Waals surface area contributed by atoms with Gasteiger partial charge in [0.25, 0.3) is 5.89 Å². The molecule has 0 aliphatic rings. The van der Waals surface area contributed by atoms with Gasteiger partial charge in [0, 0.05) is 11.8 Å². The highest BCUT2D eigenvalue weighted by atomic mass is 16.5. The van der Waals surface area contributed by atoms with Crippen LogP contribution in [0.3, 0.4) is 0 Å². The Bertz CT molecular complexity index is 1330. The molecule has 0 fully saturated rings. The number of pyridine rings is 1. The molecule has 0 radical (unpaired) electrons. The first-order valence-electron chi connectivity index (χ1n) is 12.3. The maximum absolute atomic E-state index is 12.6. The van der Waals surface area contributed by atoms with E-state index < -0.39 is 0 Å². The summed E-state index contributed by atoms with van der Waals surface area (Å²) in [7, 11) is 5.29. The normalized spacial score (nSPS) is 12.1. The van der Waals surface area contributed by atoms with E-state index in [0.717, 1.165) is 35.0 Å². The van der Waals surface area contributed by atoms with Crippen molar-refractivity contribution in [2.45, 2.75) is 38.1 Å². The van der Waals surface area contributed by atoms with Crippen molar-refractivity contribution in [3.8, 4) is 17.1 Å². The molecule has 10 heteroatoms. The number of para-hydroxylation sites is 1. The predicted molar refractivity (Wildman–Crippen MR) is 139 cm³/mol. The van der Waals surface area contributed by atoms with E-state index in [1.165, 1.54) is 12.5 Å². The van der Waals surface area contributed by atoms with Crippen LogP contribution < -0.4 is 10.1 Å². The minimum Gasteiger partial charge on any atom is -0.480 e. The number of imidazole rings is 1. The molecule has 0 aliphatic heterocycles. The van der Waals surface area contributed by atoms with E-state index in [1.54, 1.807) is 13.3 Å². The number of ether oxygens (including phenoxy) is 1. The van der Waals surface area contributed by atoms with E-state index in [2.05, 4.69) is 25.3 Å². The van der Waals surface area contributed by atoms with Gasteiger partial charge in [-0.15, -0.1) is 0 Å². The Hall–Kier alpha value is -4.05. The van der Waals surface area contributed by atoms with Crippen LogP contribution in [0.25, 0.3) is 22.2 Å². The molecule has 0 spiro atoms. The van der Waals surface area contributed by atoms with Gasteiger partial charge in [0.2, 0.25) is 17.6 Å². The predicted octanol–water partition coefficient (Wildman–Crippen LogP) is 4.17. The highest BCUT2D eigenvalue weighted by Crippen LogP contribution is 2.31. The van der Waals surface area contributed by atoms with Crippen molar-refractivity contribution in [3.63, 3.8) is 0 Å². The van der Waals surface area contributed by atoms with Gasteiger partial charge in [-0.25, -0.2) is 15.0 Å². The number of likely N-dealkylation sites (N-methyl/N-ethyl adjacent to an activating group) is 1. The van der Waals surface area contributed by atoms with Crippen molar-refractivity contribution < 1.29 is 18.7 Å². The van der Waals surface area contributed by atoms with Crippen molar-refractivity contribution in [3.05, 3.63) is 60.7 Å². The second-order valence-electron chi connectivity index (χ2n) is 9.14. The lowest BCUT2D eigenvalue weighted by atomic mass is 10.0. The van der Waals surface area contributed by atoms with Gasteiger partial charge in [0.1, 0.15) is 12.1 Å². The number of carbonyl (C=O) groups is 2. The number of oxazole rings is 1. The van der Waals surface area contributed by atoms with E-state index in [0.29, 0.717) is 31.0 Å². The number of nitrogens with one attached hydrogen (secondary N) is 2. The minimum atomic E-state index is -0.303. The molecule has 0 bridgehead atoms. The zero-order valence-electron chi connectivity index (χ0n) is 21.4. The zero-order valence-corrected chi connectivity index (χ0v) is 21.4. The maximum atomic E-state index is 12.6. The Labute approximate surface area is 215 Å². The van der Waals surface area contributed by atoms with Crippen LogP contribution in [0.4, 0.5) is 0 Å². The van der Waals surface area contributed by atoms with Gasteiger partial charge in [-0.2, -0.15) is 0 Å². The standard InChI is InChI=1S/C27H32N6O4/c1-33(2)17-24(35)30-21(11-5-4-6-12-23(34)27-28-13-14-37-27)25-29-16-22(31-25)19-15-18-9-7-8-10-20(18)32-26(19)36-3/h7-10,13-16,21H,4-6,11-12,17H2,1-3H3,(H,29,31)(H,30,35)/t21-/m0/s1. The molecule has 0 saturated heterocycles. The first-order valence-corrected chi connectivity index (χ1v) is 12.3. The number of carbonyl (C=O) groups excluding carboxylic acids is 2. The maximum Gasteiger partial charge on any atom is 0.263 e. The summed E-state index contributed by atoms with van der Waals surface area (Å²) in [5.74, 6) is 1.12. The average Bonchev–Trinajstić information content (AvgIpc) is 3.59. The van der Waals surface area contributed by atoms with Crippen molar-refractivity contribution in [1.29, 1.82) is 0 Å². The topological polar surface area (TPSA) is 126 Å². The lowest BCUT2D eigenvalue weighted by molar-refractivity contribution is -0.122. The molecule has 0 unspecified atom stereocenters. The molecule has 194 valence electrons. The van der Waals surface area contributed by atoms with Crippen LogP contribution in [-0.2, 0) is 4.79 Å². The van der Waals surface area contributed by atoms with Crippen LogP contribution in [0.1, 0.15) is 54.7 Å². The molecular formula is C27H32N6O4. The molecule has 3 heterocycles. The average molecular weight is 505 g/mol. The molecule has 1 atom stereocenters. The number of H-pyrrole nitrogens is 1. The summed E-state index contributed by atoms with van der Waals surface area (Å²) >= 11 is 0. The Morgan fingerprint density at radius 1 is 1.16 bits per heavy atom. The summed E-state index contributed by atoms with van der Waals surface area (Å²) in [5.41, 5.74) is 2.40.